The van der Waals surface area contributed by atoms with E-state index in [1.54, 1.807) is 0 Å². The van der Waals surface area contributed by atoms with Crippen LogP contribution in [0.1, 0.15) is 20.8 Å². The van der Waals surface area contributed by atoms with Crippen molar-refractivity contribution in [3.8, 4) is 0 Å². The Balaban J connectivity index is 2.34. The smallest absolute Gasteiger partial charge is 0.228 e. The number of hydrogen-bond acceptors (Lipinski definition) is 1. The average Bonchev–Trinajstić information content (AvgIpc) is 2.58. The van der Waals surface area contributed by atoms with E-state index >= 15 is 0 Å². The number of nitrogens with one attached hydrogen (secondary N) is 1. The molecule has 2 nitrogen and oxygen atoms in total. The highest BCUT2D eigenvalue weighted by molar-refractivity contribution is 5.86. The van der Waals surface area contributed by atoms with Crippen molar-refractivity contribution in [2.45, 2.75) is 20.8 Å². The number of carbonyl (C=O) groups excluding carboxylic acids is 1. The molecule has 60 valence electrons. The molecule has 1 fully saturated rings. The van der Waals surface area contributed by atoms with Crippen molar-refractivity contribution in [3.63, 3.8) is 0 Å². The summed E-state index contributed by atoms with van der Waals surface area (Å²) in [5.74, 6) is 1.65. The zero-order valence-corrected chi connectivity index (χ0v) is 7.14. The molecule has 0 aromatic heterocycles. The van der Waals surface area contributed by atoms with Gasteiger partial charge in [-0.2, -0.15) is 0 Å². The van der Waals surface area contributed by atoms with Crippen molar-refractivity contribution >= 4 is 5.91 Å². The van der Waals surface area contributed by atoms with Crippen LogP contribution in [0.3, 0.4) is 0 Å². The molecule has 1 aliphatic carbocycles. The second-order valence-corrected chi connectivity index (χ2v) is 3.71. The van der Waals surface area contributed by atoms with E-state index < -0.39 is 0 Å². The largest absolute Gasteiger partial charge is 0.330 e. The first-order chi connectivity index (χ1) is 5.13. The molecule has 1 heterocycles. The summed E-state index contributed by atoms with van der Waals surface area (Å²) in [5, 5.41) is 2.89. The lowest BCUT2D eigenvalue weighted by molar-refractivity contribution is -0.122. The van der Waals surface area contributed by atoms with Gasteiger partial charge in [-0.1, -0.05) is 12.5 Å². The maximum absolute atomic E-state index is 11.3. The van der Waals surface area contributed by atoms with E-state index in [4.69, 9.17) is 0 Å². The van der Waals surface area contributed by atoms with Crippen molar-refractivity contribution in [3.05, 3.63) is 11.3 Å². The van der Waals surface area contributed by atoms with Crippen molar-refractivity contribution in [2.24, 2.45) is 17.8 Å². The fourth-order valence-corrected chi connectivity index (χ4v) is 2.15. The third-order valence-electron chi connectivity index (χ3n) is 3.08. The predicted octanol–water partition coefficient (Wildman–Crippen LogP) is 1.29. The van der Waals surface area contributed by atoms with Gasteiger partial charge in [0.05, 0.1) is 0 Å². The van der Waals surface area contributed by atoms with Crippen LogP contribution in [0, 0.1) is 17.8 Å². The Morgan fingerprint density at radius 1 is 1.27 bits per heavy atom. The molecule has 1 N–H and O–H groups in total. The lowest BCUT2D eigenvalue weighted by Gasteiger charge is -2.13. The van der Waals surface area contributed by atoms with Crippen LogP contribution < -0.4 is 5.32 Å². The first kappa shape index (κ1) is 6.89. The molecule has 0 saturated heterocycles. The van der Waals surface area contributed by atoms with E-state index in [-0.39, 0.29) is 5.91 Å². The zero-order chi connectivity index (χ0) is 8.17. The minimum absolute atomic E-state index is 0.227. The van der Waals surface area contributed by atoms with Gasteiger partial charge in [0.1, 0.15) is 0 Å². The number of carbonyl (C=O) groups is 1. The summed E-state index contributed by atoms with van der Waals surface area (Å²) in [6.45, 7) is 6.25. The van der Waals surface area contributed by atoms with Crippen LogP contribution in [-0.4, -0.2) is 5.91 Å². The maximum Gasteiger partial charge on any atom is 0.228 e. The van der Waals surface area contributed by atoms with E-state index in [0.29, 0.717) is 17.8 Å². The fourth-order valence-electron chi connectivity index (χ4n) is 2.15. The van der Waals surface area contributed by atoms with Gasteiger partial charge in [-0.15, -0.1) is 0 Å². The first-order valence-electron chi connectivity index (χ1n) is 4.11. The highest BCUT2D eigenvalue weighted by Gasteiger charge is 2.54. The third kappa shape index (κ3) is 0.753. The summed E-state index contributed by atoms with van der Waals surface area (Å²) < 4.78 is 0. The molecule has 2 aliphatic rings. The molecule has 1 aliphatic heterocycles. The average molecular weight is 151 g/mol. The van der Waals surface area contributed by atoms with Gasteiger partial charge < -0.3 is 5.32 Å². The molecule has 0 radical (unpaired) electrons. The molecule has 1 amide bonds. The number of amides is 1. The molecule has 0 aromatic rings. The highest BCUT2D eigenvalue weighted by Crippen LogP contribution is 2.53. The minimum Gasteiger partial charge on any atom is -0.330 e. The van der Waals surface area contributed by atoms with Crippen molar-refractivity contribution in [1.29, 1.82) is 0 Å². The van der Waals surface area contributed by atoms with Gasteiger partial charge in [0.15, 0.2) is 0 Å². The van der Waals surface area contributed by atoms with E-state index in [1.807, 2.05) is 6.92 Å². The zero-order valence-electron chi connectivity index (χ0n) is 7.14. The predicted molar refractivity (Wildman–Crippen MR) is 42.7 cm³/mol. The molecule has 1 saturated carbocycles. The number of fused-ring (bicyclic) bond motifs is 1. The maximum atomic E-state index is 11.3. The summed E-state index contributed by atoms with van der Waals surface area (Å²) in [4.78, 5) is 11.3. The van der Waals surface area contributed by atoms with Crippen molar-refractivity contribution < 1.29 is 4.79 Å². The van der Waals surface area contributed by atoms with Gasteiger partial charge in [-0.3, -0.25) is 4.79 Å². The van der Waals surface area contributed by atoms with E-state index in [0.717, 1.165) is 5.70 Å². The van der Waals surface area contributed by atoms with Crippen molar-refractivity contribution in [1.82, 2.24) is 5.32 Å². The highest BCUT2D eigenvalue weighted by atomic mass is 16.2. The minimum atomic E-state index is 0.227. The van der Waals surface area contributed by atoms with Gasteiger partial charge >= 0.3 is 0 Å². The SMILES string of the molecule is CC1=C(C)[C@H]2[C@@H](C)[C@H]2C(=O)N1. The van der Waals surface area contributed by atoms with Crippen LogP contribution in [0.5, 0.6) is 0 Å². The Hall–Kier alpha value is -0.790. The Morgan fingerprint density at radius 2 is 1.91 bits per heavy atom. The summed E-state index contributed by atoms with van der Waals surface area (Å²) in [5.41, 5.74) is 2.45. The molecule has 0 bridgehead atoms. The molecule has 2 rings (SSSR count). The van der Waals surface area contributed by atoms with E-state index in [1.165, 1.54) is 5.57 Å². The molecular formula is C9H13NO. The summed E-state index contributed by atoms with van der Waals surface area (Å²) in [6, 6.07) is 0. The Morgan fingerprint density at radius 3 is 2.55 bits per heavy atom. The number of allylic oxidation sites excluding steroid dienone is 2. The Kier molecular flexibility index (Phi) is 1.17. The Bertz CT molecular complexity index is 254. The molecule has 11 heavy (non-hydrogen) atoms. The molecule has 0 aromatic carbocycles. The van der Waals surface area contributed by atoms with Crippen LogP contribution in [-0.2, 0) is 4.79 Å². The number of hydrogen-bond donors (Lipinski definition) is 1. The van der Waals surface area contributed by atoms with Crippen LogP contribution in [0.15, 0.2) is 11.3 Å². The lowest BCUT2D eigenvalue weighted by Crippen LogP contribution is -2.28. The van der Waals surface area contributed by atoms with Gasteiger partial charge in [0.2, 0.25) is 5.91 Å². The van der Waals surface area contributed by atoms with Gasteiger partial charge in [-0.05, 0) is 25.7 Å². The van der Waals surface area contributed by atoms with Gasteiger partial charge in [-0.25, -0.2) is 0 Å². The topological polar surface area (TPSA) is 29.1 Å². The van der Waals surface area contributed by atoms with Crippen LogP contribution in [0.2, 0.25) is 0 Å². The molecule has 0 spiro atoms. The summed E-state index contributed by atoms with van der Waals surface area (Å²) in [7, 11) is 0. The van der Waals surface area contributed by atoms with Gasteiger partial charge in [0, 0.05) is 11.6 Å². The van der Waals surface area contributed by atoms with Crippen LogP contribution in [0.4, 0.5) is 0 Å². The molecule has 2 heteroatoms. The quantitative estimate of drug-likeness (QED) is 0.555. The summed E-state index contributed by atoms with van der Waals surface area (Å²) in [6.07, 6.45) is 0. The second-order valence-electron chi connectivity index (χ2n) is 3.71. The van der Waals surface area contributed by atoms with E-state index in [9.17, 15) is 4.79 Å². The monoisotopic (exact) mass is 151 g/mol. The normalized spacial score (nSPS) is 41.7. The van der Waals surface area contributed by atoms with Gasteiger partial charge in [0.25, 0.3) is 0 Å². The fraction of sp³-hybridized carbons (Fsp3) is 0.667. The van der Waals surface area contributed by atoms with Crippen molar-refractivity contribution in [2.75, 3.05) is 0 Å². The second kappa shape index (κ2) is 1.87. The molecule has 0 unspecified atom stereocenters. The summed E-state index contributed by atoms with van der Waals surface area (Å²) >= 11 is 0. The standard InChI is InChI=1S/C9H13NO/c1-4-6(3)10-9(11)8-5(2)7(4)8/h5,7-8H,1-3H3,(H,10,11)/t5-,7+,8-/m1/s1. The molecule has 3 atom stereocenters. The Labute approximate surface area is 66.7 Å². The lowest BCUT2D eigenvalue weighted by atomic mass is 10.1. The van der Waals surface area contributed by atoms with E-state index in [2.05, 4.69) is 19.2 Å². The first-order valence-corrected chi connectivity index (χ1v) is 4.11. The molecular weight excluding hydrogens is 138 g/mol. The third-order valence-corrected chi connectivity index (χ3v) is 3.08. The number of rotatable bonds is 0. The van der Waals surface area contributed by atoms with Crippen LogP contribution >= 0.6 is 0 Å². The van der Waals surface area contributed by atoms with Crippen LogP contribution in [0.25, 0.3) is 0 Å².